The van der Waals surface area contributed by atoms with Gasteiger partial charge in [0.15, 0.2) is 5.78 Å². The number of allylic oxidation sites excluding steroid dienone is 1. The van der Waals surface area contributed by atoms with Crippen LogP contribution in [0.25, 0.3) is 6.08 Å². The third-order valence-corrected chi connectivity index (χ3v) is 4.93. The Balaban J connectivity index is 1.61. The molecule has 0 aliphatic heterocycles. The van der Waals surface area contributed by atoms with Gasteiger partial charge in [0.25, 0.3) is 5.91 Å². The SMILES string of the molecule is CN(CCO)c1ccc(/C=C/C(=O)c2ccc(NC(=O)c3cccnc3Cl)cc2)cc1. The fraction of sp³-hybridized carbons (Fsp3) is 0.125. The lowest BCUT2D eigenvalue weighted by Crippen LogP contribution is -2.20. The predicted molar refractivity (Wildman–Crippen MR) is 124 cm³/mol. The van der Waals surface area contributed by atoms with E-state index in [4.69, 9.17) is 16.7 Å². The molecule has 0 radical (unpaired) electrons. The average molecular weight is 436 g/mol. The third kappa shape index (κ3) is 6.01. The number of benzene rings is 2. The molecule has 0 saturated heterocycles. The average Bonchev–Trinajstić information content (AvgIpc) is 2.78. The summed E-state index contributed by atoms with van der Waals surface area (Å²) in [6.07, 6.45) is 4.77. The monoisotopic (exact) mass is 435 g/mol. The molecule has 1 aromatic heterocycles. The normalized spacial score (nSPS) is 10.8. The summed E-state index contributed by atoms with van der Waals surface area (Å²) in [6.45, 7) is 0.645. The van der Waals surface area contributed by atoms with Crippen LogP contribution >= 0.6 is 11.6 Å². The summed E-state index contributed by atoms with van der Waals surface area (Å²) in [5.74, 6) is -0.514. The number of rotatable bonds is 8. The van der Waals surface area contributed by atoms with E-state index in [2.05, 4.69) is 10.3 Å². The van der Waals surface area contributed by atoms with Crippen molar-refractivity contribution >= 4 is 40.7 Å². The molecular formula is C24H22ClN3O3. The molecule has 2 aromatic carbocycles. The van der Waals surface area contributed by atoms with Crippen LogP contribution in [0, 0.1) is 0 Å². The van der Waals surface area contributed by atoms with Gasteiger partial charge in [-0.05, 0) is 60.2 Å². The summed E-state index contributed by atoms with van der Waals surface area (Å²) in [5.41, 5.74) is 3.22. The Morgan fingerprint density at radius 2 is 1.81 bits per heavy atom. The molecule has 3 rings (SSSR count). The molecule has 7 heteroatoms. The Kier molecular flexibility index (Phi) is 7.54. The molecule has 1 heterocycles. The molecule has 0 unspecified atom stereocenters. The highest BCUT2D eigenvalue weighted by Crippen LogP contribution is 2.17. The van der Waals surface area contributed by atoms with Gasteiger partial charge in [0.1, 0.15) is 5.15 Å². The maximum atomic E-state index is 12.4. The number of carbonyl (C=O) groups excluding carboxylic acids is 2. The van der Waals surface area contributed by atoms with Crippen LogP contribution in [0.1, 0.15) is 26.3 Å². The second-order valence-electron chi connectivity index (χ2n) is 6.81. The van der Waals surface area contributed by atoms with E-state index in [0.29, 0.717) is 17.8 Å². The molecule has 31 heavy (non-hydrogen) atoms. The summed E-state index contributed by atoms with van der Waals surface area (Å²) >= 11 is 5.94. The standard InChI is InChI=1S/C24H22ClN3O3/c1-28(15-16-29)20-11-4-17(5-12-20)6-13-22(30)18-7-9-19(10-8-18)27-24(31)21-3-2-14-26-23(21)25/h2-14,29H,15-16H2,1H3,(H,27,31)/b13-6+. The Morgan fingerprint density at radius 3 is 2.45 bits per heavy atom. The molecule has 1 amide bonds. The Labute approximate surface area is 185 Å². The number of aliphatic hydroxyl groups is 1. The van der Waals surface area contributed by atoms with Crippen molar-refractivity contribution in [1.29, 1.82) is 0 Å². The van der Waals surface area contributed by atoms with E-state index in [-0.39, 0.29) is 29.0 Å². The number of hydrogen-bond acceptors (Lipinski definition) is 5. The first kappa shape index (κ1) is 22.2. The van der Waals surface area contributed by atoms with Crippen molar-refractivity contribution in [3.05, 3.63) is 94.8 Å². The minimum absolute atomic E-state index is 0.0896. The van der Waals surface area contributed by atoms with E-state index < -0.39 is 0 Å². The van der Waals surface area contributed by atoms with Crippen LogP contribution < -0.4 is 10.2 Å². The van der Waals surface area contributed by atoms with E-state index in [1.807, 2.05) is 36.2 Å². The van der Waals surface area contributed by atoms with Gasteiger partial charge in [0.05, 0.1) is 12.2 Å². The highest BCUT2D eigenvalue weighted by atomic mass is 35.5. The van der Waals surface area contributed by atoms with Gasteiger partial charge in [-0.25, -0.2) is 4.98 Å². The minimum Gasteiger partial charge on any atom is -0.395 e. The first-order valence-corrected chi connectivity index (χ1v) is 10.0. The van der Waals surface area contributed by atoms with Crippen LogP contribution in [0.4, 0.5) is 11.4 Å². The molecule has 158 valence electrons. The maximum Gasteiger partial charge on any atom is 0.258 e. The first-order chi connectivity index (χ1) is 15.0. The fourth-order valence-corrected chi connectivity index (χ4v) is 3.06. The second kappa shape index (κ2) is 10.5. The molecule has 0 aliphatic carbocycles. The van der Waals surface area contributed by atoms with Gasteiger partial charge in [-0.15, -0.1) is 0 Å². The highest BCUT2D eigenvalue weighted by Gasteiger charge is 2.11. The largest absolute Gasteiger partial charge is 0.395 e. The molecule has 0 bridgehead atoms. The van der Waals surface area contributed by atoms with Crippen molar-refractivity contribution in [3.8, 4) is 0 Å². The van der Waals surface area contributed by atoms with Crippen molar-refractivity contribution in [2.75, 3.05) is 30.4 Å². The van der Waals surface area contributed by atoms with Crippen LogP contribution in [0.5, 0.6) is 0 Å². The maximum absolute atomic E-state index is 12.4. The second-order valence-corrected chi connectivity index (χ2v) is 7.17. The van der Waals surface area contributed by atoms with E-state index in [1.54, 1.807) is 42.5 Å². The van der Waals surface area contributed by atoms with Gasteiger partial charge in [-0.1, -0.05) is 29.8 Å². The highest BCUT2D eigenvalue weighted by molar-refractivity contribution is 6.33. The fourth-order valence-electron chi connectivity index (χ4n) is 2.86. The summed E-state index contributed by atoms with van der Waals surface area (Å²) in [5, 5.41) is 11.9. The molecule has 0 fully saturated rings. The number of ketones is 1. The quantitative estimate of drug-likeness (QED) is 0.313. The topological polar surface area (TPSA) is 82.5 Å². The van der Waals surface area contributed by atoms with Crippen LogP contribution in [-0.2, 0) is 0 Å². The molecule has 0 atom stereocenters. The molecule has 0 aliphatic rings. The van der Waals surface area contributed by atoms with Crippen LogP contribution in [0.3, 0.4) is 0 Å². The number of nitrogens with zero attached hydrogens (tertiary/aromatic N) is 2. The van der Waals surface area contributed by atoms with Crippen molar-refractivity contribution in [2.45, 2.75) is 0 Å². The Bertz CT molecular complexity index is 1080. The lowest BCUT2D eigenvalue weighted by Gasteiger charge is -2.17. The number of nitrogens with one attached hydrogen (secondary N) is 1. The van der Waals surface area contributed by atoms with Crippen LogP contribution in [-0.4, -0.2) is 42.0 Å². The van der Waals surface area contributed by atoms with Gasteiger partial charge in [0.2, 0.25) is 0 Å². The van der Waals surface area contributed by atoms with Crippen molar-refractivity contribution in [2.24, 2.45) is 0 Å². The van der Waals surface area contributed by atoms with E-state index >= 15 is 0 Å². The Morgan fingerprint density at radius 1 is 1.10 bits per heavy atom. The molecule has 0 saturated carbocycles. The number of carbonyl (C=O) groups is 2. The molecular weight excluding hydrogens is 414 g/mol. The smallest absolute Gasteiger partial charge is 0.258 e. The molecule has 6 nitrogen and oxygen atoms in total. The summed E-state index contributed by atoms with van der Waals surface area (Å²) in [4.78, 5) is 30.6. The van der Waals surface area contributed by atoms with Crippen molar-refractivity contribution in [3.63, 3.8) is 0 Å². The van der Waals surface area contributed by atoms with Gasteiger partial charge in [-0.3, -0.25) is 9.59 Å². The number of hydrogen-bond donors (Lipinski definition) is 2. The number of pyridine rings is 1. The summed E-state index contributed by atoms with van der Waals surface area (Å²) in [7, 11) is 1.90. The predicted octanol–water partition coefficient (Wildman–Crippen LogP) is 4.31. The zero-order valence-electron chi connectivity index (χ0n) is 17.0. The molecule has 0 spiro atoms. The number of halogens is 1. The number of likely N-dealkylation sites (N-methyl/N-ethyl adjacent to an activating group) is 1. The first-order valence-electron chi connectivity index (χ1n) is 9.64. The third-order valence-electron chi connectivity index (χ3n) is 4.63. The van der Waals surface area contributed by atoms with E-state index in [1.165, 1.54) is 12.3 Å². The lowest BCUT2D eigenvalue weighted by molar-refractivity contribution is 0.102. The van der Waals surface area contributed by atoms with Gasteiger partial charge < -0.3 is 15.3 Å². The lowest BCUT2D eigenvalue weighted by atomic mass is 10.1. The zero-order valence-corrected chi connectivity index (χ0v) is 17.7. The molecule has 2 N–H and O–H groups in total. The van der Waals surface area contributed by atoms with Crippen molar-refractivity contribution < 1.29 is 14.7 Å². The van der Waals surface area contributed by atoms with Crippen molar-refractivity contribution in [1.82, 2.24) is 4.98 Å². The van der Waals surface area contributed by atoms with Crippen LogP contribution in [0.15, 0.2) is 72.9 Å². The molecule has 3 aromatic rings. The number of aromatic nitrogens is 1. The van der Waals surface area contributed by atoms with Crippen LogP contribution in [0.2, 0.25) is 5.15 Å². The zero-order chi connectivity index (χ0) is 22.2. The number of aliphatic hydroxyl groups excluding tert-OH is 1. The van der Waals surface area contributed by atoms with E-state index in [9.17, 15) is 9.59 Å². The summed E-state index contributed by atoms with van der Waals surface area (Å²) < 4.78 is 0. The number of anilines is 2. The van der Waals surface area contributed by atoms with Gasteiger partial charge in [-0.2, -0.15) is 0 Å². The van der Waals surface area contributed by atoms with Gasteiger partial charge in [0, 0.05) is 36.7 Å². The summed E-state index contributed by atoms with van der Waals surface area (Å²) in [6, 6.07) is 17.5. The minimum atomic E-state index is -0.370. The van der Waals surface area contributed by atoms with E-state index in [0.717, 1.165) is 11.3 Å². The van der Waals surface area contributed by atoms with Gasteiger partial charge >= 0.3 is 0 Å². The Hall–Kier alpha value is -3.48. The number of amides is 1.